The minimum atomic E-state index is -1.05. The van der Waals surface area contributed by atoms with Crippen LogP contribution in [0.4, 0.5) is 10.5 Å². The maximum Gasteiger partial charge on any atom is 0.323 e. The molecule has 6 nitrogen and oxygen atoms in total. The predicted octanol–water partition coefficient (Wildman–Crippen LogP) is 2.40. The summed E-state index contributed by atoms with van der Waals surface area (Å²) in [4.78, 5) is 24.2. The van der Waals surface area contributed by atoms with Gasteiger partial charge < -0.3 is 15.3 Å². The van der Waals surface area contributed by atoms with E-state index in [9.17, 15) is 9.59 Å². The van der Waals surface area contributed by atoms with E-state index in [1.165, 1.54) is 4.90 Å². The Kier molecular flexibility index (Phi) is 4.25. The van der Waals surface area contributed by atoms with Crippen LogP contribution in [-0.2, 0) is 4.79 Å². The number of anilines is 1. The van der Waals surface area contributed by atoms with Crippen molar-refractivity contribution in [2.24, 2.45) is 0 Å². The normalized spacial score (nSPS) is 13.4. The smallest absolute Gasteiger partial charge is 0.323 e. The molecule has 2 amide bonds. The highest BCUT2D eigenvalue weighted by atomic mass is 79.9. The monoisotopic (exact) mass is 337 g/mol. The molecule has 104 valence electrons. The van der Waals surface area contributed by atoms with Gasteiger partial charge in [0.1, 0.15) is 12.6 Å². The number of hydrogen-bond donors (Lipinski definition) is 2. The van der Waals surface area contributed by atoms with Gasteiger partial charge in [0, 0.05) is 10.5 Å². The van der Waals surface area contributed by atoms with Crippen LogP contribution in [0.1, 0.15) is 18.4 Å². The summed E-state index contributed by atoms with van der Waals surface area (Å²) in [5.41, 5.74) is 0.690. The summed E-state index contributed by atoms with van der Waals surface area (Å²) < 4.78 is 0.733. The minimum Gasteiger partial charge on any atom is -0.480 e. The molecule has 0 aromatic heterocycles. The molecule has 0 unspecified atom stereocenters. The van der Waals surface area contributed by atoms with Crippen LogP contribution in [0.3, 0.4) is 0 Å². The molecule has 1 aliphatic carbocycles. The number of rotatable bonds is 4. The lowest BCUT2D eigenvalue weighted by atomic mass is 10.2. The Labute approximate surface area is 124 Å². The lowest BCUT2D eigenvalue weighted by Crippen LogP contribution is -2.40. The van der Waals surface area contributed by atoms with Gasteiger partial charge in [0.2, 0.25) is 0 Å². The van der Waals surface area contributed by atoms with E-state index < -0.39 is 12.0 Å². The lowest BCUT2D eigenvalue weighted by molar-refractivity contribution is -0.137. The lowest BCUT2D eigenvalue weighted by Gasteiger charge is -2.21. The molecule has 2 N–H and O–H groups in total. The van der Waals surface area contributed by atoms with E-state index in [-0.39, 0.29) is 12.6 Å². The van der Waals surface area contributed by atoms with Gasteiger partial charge in [-0.25, -0.2) is 4.79 Å². The van der Waals surface area contributed by atoms with Gasteiger partial charge in [-0.2, -0.15) is 5.26 Å². The molecule has 20 heavy (non-hydrogen) atoms. The predicted molar refractivity (Wildman–Crippen MR) is 75.2 cm³/mol. The van der Waals surface area contributed by atoms with Crippen molar-refractivity contribution in [2.75, 3.05) is 11.9 Å². The number of amides is 2. The Morgan fingerprint density at radius 2 is 2.20 bits per heavy atom. The zero-order chi connectivity index (χ0) is 14.7. The number of carbonyl (C=O) groups excluding carboxylic acids is 1. The van der Waals surface area contributed by atoms with Crippen LogP contribution in [0.15, 0.2) is 22.7 Å². The van der Waals surface area contributed by atoms with Gasteiger partial charge in [0.15, 0.2) is 0 Å². The van der Waals surface area contributed by atoms with Gasteiger partial charge in [-0.3, -0.25) is 4.79 Å². The van der Waals surface area contributed by atoms with Crippen LogP contribution in [0.25, 0.3) is 0 Å². The second kappa shape index (κ2) is 5.92. The van der Waals surface area contributed by atoms with Crippen molar-refractivity contribution < 1.29 is 14.7 Å². The van der Waals surface area contributed by atoms with Crippen molar-refractivity contribution in [1.29, 1.82) is 5.26 Å². The topological polar surface area (TPSA) is 93.4 Å². The Balaban J connectivity index is 2.14. The number of halogens is 1. The number of aliphatic carboxylic acids is 1. The second-order valence-electron chi connectivity index (χ2n) is 4.48. The number of carboxylic acids is 1. The van der Waals surface area contributed by atoms with E-state index in [1.54, 1.807) is 18.2 Å². The molecule has 1 fully saturated rings. The summed E-state index contributed by atoms with van der Waals surface area (Å²) in [5, 5.41) is 20.5. The number of benzene rings is 1. The van der Waals surface area contributed by atoms with Crippen molar-refractivity contribution in [1.82, 2.24) is 4.90 Å². The van der Waals surface area contributed by atoms with Gasteiger partial charge >= 0.3 is 12.0 Å². The van der Waals surface area contributed by atoms with Crippen LogP contribution in [0.2, 0.25) is 0 Å². The molecule has 7 heteroatoms. The number of carbonyl (C=O) groups is 2. The maximum absolute atomic E-state index is 12.1. The van der Waals surface area contributed by atoms with Crippen LogP contribution >= 0.6 is 15.9 Å². The molecule has 2 rings (SSSR count). The minimum absolute atomic E-state index is 0.0212. The van der Waals surface area contributed by atoms with Gasteiger partial charge in [0.25, 0.3) is 0 Å². The molecule has 0 saturated heterocycles. The van der Waals surface area contributed by atoms with Crippen LogP contribution in [0, 0.1) is 11.3 Å². The van der Waals surface area contributed by atoms with Crippen molar-refractivity contribution in [3.05, 3.63) is 28.2 Å². The average molecular weight is 338 g/mol. The molecule has 0 aliphatic heterocycles. The molecule has 0 atom stereocenters. The Bertz CT molecular complexity index is 593. The van der Waals surface area contributed by atoms with E-state index in [2.05, 4.69) is 21.2 Å². The van der Waals surface area contributed by atoms with Crippen molar-refractivity contribution >= 4 is 33.6 Å². The summed E-state index contributed by atoms with van der Waals surface area (Å²) in [7, 11) is 0. The van der Waals surface area contributed by atoms with E-state index >= 15 is 0 Å². The summed E-state index contributed by atoms with van der Waals surface area (Å²) in [5.74, 6) is -1.05. The van der Waals surface area contributed by atoms with Crippen LogP contribution in [0.5, 0.6) is 0 Å². The summed E-state index contributed by atoms with van der Waals surface area (Å²) in [6.45, 7) is -0.338. The first-order valence-electron chi connectivity index (χ1n) is 6.00. The fourth-order valence-corrected chi connectivity index (χ4v) is 2.16. The van der Waals surface area contributed by atoms with Crippen molar-refractivity contribution in [3.63, 3.8) is 0 Å². The van der Waals surface area contributed by atoms with Crippen molar-refractivity contribution in [2.45, 2.75) is 18.9 Å². The molecule has 0 heterocycles. The first-order chi connectivity index (χ1) is 9.51. The Morgan fingerprint density at radius 3 is 2.75 bits per heavy atom. The zero-order valence-electron chi connectivity index (χ0n) is 10.5. The molecule has 1 aliphatic rings. The first kappa shape index (κ1) is 14.3. The SMILES string of the molecule is N#Cc1cc(Br)ccc1NC(=O)N(CC(=O)O)C1CC1. The highest BCUT2D eigenvalue weighted by molar-refractivity contribution is 9.10. The molecular weight excluding hydrogens is 326 g/mol. The fourth-order valence-electron chi connectivity index (χ4n) is 1.80. The zero-order valence-corrected chi connectivity index (χ0v) is 12.1. The molecule has 0 bridgehead atoms. The molecule has 0 spiro atoms. The van der Waals surface area contributed by atoms with Gasteiger partial charge in [0.05, 0.1) is 11.3 Å². The average Bonchev–Trinajstić information content (AvgIpc) is 3.22. The number of nitrogens with zero attached hydrogens (tertiary/aromatic N) is 2. The third-order valence-corrected chi connectivity index (χ3v) is 3.39. The summed E-state index contributed by atoms with van der Waals surface area (Å²) in [6, 6.07) is 6.37. The van der Waals surface area contributed by atoms with E-state index in [4.69, 9.17) is 10.4 Å². The van der Waals surface area contributed by atoms with Crippen LogP contribution < -0.4 is 5.32 Å². The third kappa shape index (κ3) is 3.48. The fraction of sp³-hybridized carbons (Fsp3) is 0.308. The standard InChI is InChI=1S/C13H12BrN3O3/c14-9-1-4-11(8(5-9)6-15)16-13(20)17(7-12(18)19)10-2-3-10/h1,4-5,10H,2-3,7H2,(H,16,20)(H,18,19). The summed E-state index contributed by atoms with van der Waals surface area (Å²) >= 11 is 3.25. The molecule has 0 radical (unpaired) electrons. The third-order valence-electron chi connectivity index (χ3n) is 2.90. The van der Waals surface area contributed by atoms with E-state index in [0.717, 1.165) is 17.3 Å². The maximum atomic E-state index is 12.1. The van der Waals surface area contributed by atoms with Crippen LogP contribution in [-0.4, -0.2) is 34.6 Å². The number of urea groups is 1. The highest BCUT2D eigenvalue weighted by Gasteiger charge is 2.34. The number of carboxylic acid groups (broad SMARTS) is 1. The molecular formula is C13H12BrN3O3. The number of hydrogen-bond acceptors (Lipinski definition) is 3. The van der Waals surface area contributed by atoms with Crippen molar-refractivity contribution in [3.8, 4) is 6.07 Å². The van der Waals surface area contributed by atoms with E-state index in [0.29, 0.717) is 11.3 Å². The first-order valence-corrected chi connectivity index (χ1v) is 6.79. The number of nitriles is 1. The largest absolute Gasteiger partial charge is 0.480 e. The van der Waals surface area contributed by atoms with Gasteiger partial charge in [-0.1, -0.05) is 15.9 Å². The Hall–Kier alpha value is -2.07. The second-order valence-corrected chi connectivity index (χ2v) is 5.40. The molecule has 1 aromatic carbocycles. The molecule has 1 saturated carbocycles. The highest BCUT2D eigenvalue weighted by Crippen LogP contribution is 2.28. The quantitative estimate of drug-likeness (QED) is 0.882. The molecule has 1 aromatic rings. The Morgan fingerprint density at radius 1 is 1.50 bits per heavy atom. The number of nitrogens with one attached hydrogen (secondary N) is 1. The van der Waals surface area contributed by atoms with Gasteiger partial charge in [-0.05, 0) is 31.0 Å². The summed E-state index contributed by atoms with van der Waals surface area (Å²) in [6.07, 6.45) is 1.62. The van der Waals surface area contributed by atoms with E-state index in [1.807, 2.05) is 6.07 Å². The van der Waals surface area contributed by atoms with Gasteiger partial charge in [-0.15, -0.1) is 0 Å².